The molecule has 0 bridgehead atoms. The number of ether oxygens (including phenoxy) is 2. The first-order valence-electron chi connectivity index (χ1n) is 9.02. The molecule has 0 unspecified atom stereocenters. The van der Waals surface area contributed by atoms with Gasteiger partial charge in [0.25, 0.3) is 5.91 Å². The van der Waals surface area contributed by atoms with Crippen LogP contribution in [0.5, 0.6) is 0 Å². The van der Waals surface area contributed by atoms with Crippen LogP contribution in [0.15, 0.2) is 30.3 Å². The molecule has 0 aliphatic carbocycles. The van der Waals surface area contributed by atoms with Crippen LogP contribution < -0.4 is 16.4 Å². The molecule has 1 atom stereocenters. The molecule has 8 nitrogen and oxygen atoms in total. The topological polar surface area (TPSA) is 120 Å². The van der Waals surface area contributed by atoms with Gasteiger partial charge in [-0.25, -0.2) is 4.79 Å². The number of carbonyl (C=O) groups excluding carboxylic acids is 3. The van der Waals surface area contributed by atoms with Crippen LogP contribution in [0, 0.1) is 6.92 Å². The predicted octanol–water partition coefficient (Wildman–Crippen LogP) is 2.25. The molecule has 0 spiro atoms. The van der Waals surface area contributed by atoms with Crippen molar-refractivity contribution < 1.29 is 23.9 Å². The number of hydrogen-bond acceptors (Lipinski definition) is 7. The largest absolute Gasteiger partial charge is 0.460 e. The van der Waals surface area contributed by atoms with Gasteiger partial charge in [0.15, 0.2) is 0 Å². The van der Waals surface area contributed by atoms with E-state index in [4.69, 9.17) is 15.2 Å². The third kappa shape index (κ3) is 6.11. The number of benzene rings is 1. The first-order chi connectivity index (χ1) is 13.8. The predicted molar refractivity (Wildman–Crippen MR) is 111 cm³/mol. The molecule has 1 aromatic heterocycles. The fourth-order valence-corrected chi connectivity index (χ4v) is 3.71. The first kappa shape index (κ1) is 22.5. The van der Waals surface area contributed by atoms with Gasteiger partial charge in [-0.3, -0.25) is 9.59 Å². The molecule has 1 heterocycles. The van der Waals surface area contributed by atoms with Crippen molar-refractivity contribution in [3.63, 3.8) is 0 Å². The Balaban J connectivity index is 2.09. The molecule has 0 fully saturated rings. The molecule has 0 radical (unpaired) electrons. The summed E-state index contributed by atoms with van der Waals surface area (Å²) < 4.78 is 10.0. The number of primary amides is 1. The summed E-state index contributed by atoms with van der Waals surface area (Å²) in [6.07, 6.45) is 0. The lowest BCUT2D eigenvalue weighted by molar-refractivity contribution is -0.115. The van der Waals surface area contributed by atoms with E-state index >= 15 is 0 Å². The van der Waals surface area contributed by atoms with Crippen LogP contribution in [0.3, 0.4) is 0 Å². The highest BCUT2D eigenvalue weighted by molar-refractivity contribution is 7.18. The van der Waals surface area contributed by atoms with Gasteiger partial charge in [-0.05, 0) is 25.0 Å². The van der Waals surface area contributed by atoms with Crippen LogP contribution in [0.25, 0.3) is 0 Å². The van der Waals surface area contributed by atoms with E-state index in [0.29, 0.717) is 5.56 Å². The maximum atomic E-state index is 12.4. The molecule has 0 aliphatic heterocycles. The van der Waals surface area contributed by atoms with Gasteiger partial charge in [-0.2, -0.15) is 0 Å². The number of nitrogens with two attached hydrogens (primary N) is 1. The second-order valence-corrected chi connectivity index (χ2v) is 7.34. The molecular formula is C20H25N3O5S. The summed E-state index contributed by atoms with van der Waals surface area (Å²) in [4.78, 5) is 36.7. The van der Waals surface area contributed by atoms with Gasteiger partial charge in [0.1, 0.15) is 11.6 Å². The van der Waals surface area contributed by atoms with Gasteiger partial charge in [0, 0.05) is 13.2 Å². The van der Waals surface area contributed by atoms with E-state index in [1.54, 1.807) is 6.92 Å². The third-order valence-corrected chi connectivity index (χ3v) is 5.44. The normalized spacial score (nSPS) is 11.7. The molecule has 2 amide bonds. The molecular weight excluding hydrogens is 394 g/mol. The van der Waals surface area contributed by atoms with Crippen LogP contribution >= 0.6 is 11.3 Å². The highest BCUT2D eigenvalue weighted by atomic mass is 32.1. The Morgan fingerprint density at radius 2 is 1.86 bits per heavy atom. The Bertz CT molecular complexity index is 867. The second kappa shape index (κ2) is 10.7. The fourth-order valence-electron chi connectivity index (χ4n) is 2.65. The number of anilines is 1. The molecule has 156 valence electrons. The van der Waals surface area contributed by atoms with E-state index in [1.165, 1.54) is 7.11 Å². The lowest BCUT2D eigenvalue weighted by atomic mass is 10.1. The van der Waals surface area contributed by atoms with Crippen molar-refractivity contribution in [2.45, 2.75) is 19.9 Å². The highest BCUT2D eigenvalue weighted by Gasteiger charge is 2.25. The highest BCUT2D eigenvalue weighted by Crippen LogP contribution is 2.33. The summed E-state index contributed by atoms with van der Waals surface area (Å²) in [5, 5.41) is 6.04. The minimum Gasteiger partial charge on any atom is -0.460 e. The Labute approximate surface area is 173 Å². The zero-order valence-electron chi connectivity index (χ0n) is 16.6. The van der Waals surface area contributed by atoms with E-state index in [-0.39, 0.29) is 47.1 Å². The SMILES string of the molecule is COCCOC(=O)c1c(NC(=O)CN[C@H](C)c2ccccc2)sc(C(N)=O)c1C. The number of methoxy groups -OCH3 is 1. The van der Waals surface area contributed by atoms with Gasteiger partial charge in [-0.15, -0.1) is 11.3 Å². The average molecular weight is 420 g/mol. The third-order valence-electron chi connectivity index (χ3n) is 4.22. The summed E-state index contributed by atoms with van der Waals surface area (Å²) in [7, 11) is 1.49. The molecule has 2 aromatic rings. The van der Waals surface area contributed by atoms with Gasteiger partial charge in [0.05, 0.1) is 23.6 Å². The molecule has 0 saturated carbocycles. The number of rotatable bonds is 10. The zero-order valence-corrected chi connectivity index (χ0v) is 17.4. The Morgan fingerprint density at radius 3 is 2.48 bits per heavy atom. The van der Waals surface area contributed by atoms with Crippen molar-refractivity contribution in [3.8, 4) is 0 Å². The van der Waals surface area contributed by atoms with Gasteiger partial charge in [0.2, 0.25) is 5.91 Å². The van der Waals surface area contributed by atoms with Crippen LogP contribution in [0.4, 0.5) is 5.00 Å². The van der Waals surface area contributed by atoms with Crippen molar-refractivity contribution >= 4 is 34.1 Å². The molecule has 4 N–H and O–H groups in total. The summed E-state index contributed by atoms with van der Waals surface area (Å²) in [6.45, 7) is 3.86. The van der Waals surface area contributed by atoms with Gasteiger partial charge >= 0.3 is 5.97 Å². The Morgan fingerprint density at radius 1 is 1.17 bits per heavy atom. The number of hydrogen-bond donors (Lipinski definition) is 3. The lowest BCUT2D eigenvalue weighted by Crippen LogP contribution is -2.30. The lowest BCUT2D eigenvalue weighted by Gasteiger charge is -2.14. The smallest absolute Gasteiger partial charge is 0.341 e. The number of esters is 1. The number of amides is 2. The minimum absolute atomic E-state index is 0.0249. The summed E-state index contributed by atoms with van der Waals surface area (Å²) in [5.41, 5.74) is 6.94. The van der Waals surface area contributed by atoms with Crippen LogP contribution in [0.1, 0.15) is 44.1 Å². The summed E-state index contributed by atoms with van der Waals surface area (Å²) in [6, 6.07) is 9.67. The Hall–Kier alpha value is -2.75. The van der Waals surface area contributed by atoms with Crippen molar-refractivity contribution in [3.05, 3.63) is 51.9 Å². The first-order valence-corrected chi connectivity index (χ1v) is 9.84. The van der Waals surface area contributed by atoms with E-state index in [0.717, 1.165) is 16.9 Å². The van der Waals surface area contributed by atoms with E-state index in [1.807, 2.05) is 37.3 Å². The van der Waals surface area contributed by atoms with Crippen LogP contribution in [-0.4, -0.2) is 44.7 Å². The van der Waals surface area contributed by atoms with Gasteiger partial charge < -0.3 is 25.8 Å². The molecule has 29 heavy (non-hydrogen) atoms. The standard InChI is InChI=1S/C20H25N3O5S/c1-12-16(20(26)28-10-9-27-3)19(29-17(12)18(21)25)23-15(24)11-22-13(2)14-7-5-4-6-8-14/h4-8,13,22H,9-11H2,1-3H3,(H2,21,25)(H,23,24)/t13-/m1/s1. The fraction of sp³-hybridized carbons (Fsp3) is 0.350. The monoisotopic (exact) mass is 419 g/mol. The molecule has 9 heteroatoms. The number of nitrogens with one attached hydrogen (secondary N) is 2. The quantitative estimate of drug-likeness (QED) is 0.401. The maximum Gasteiger partial charge on any atom is 0.341 e. The number of thiophene rings is 1. The van der Waals surface area contributed by atoms with Crippen molar-refractivity contribution in [2.75, 3.05) is 32.2 Å². The van der Waals surface area contributed by atoms with Crippen LogP contribution in [0.2, 0.25) is 0 Å². The number of carbonyl (C=O) groups is 3. The van der Waals surface area contributed by atoms with Crippen molar-refractivity contribution in [2.24, 2.45) is 5.73 Å². The second-order valence-electron chi connectivity index (χ2n) is 6.31. The van der Waals surface area contributed by atoms with E-state index in [9.17, 15) is 14.4 Å². The zero-order chi connectivity index (χ0) is 21.4. The Kier molecular flexibility index (Phi) is 8.32. The summed E-state index contributed by atoms with van der Waals surface area (Å²) in [5.74, 6) is -1.67. The summed E-state index contributed by atoms with van der Waals surface area (Å²) >= 11 is 0.954. The molecule has 0 aliphatic rings. The molecule has 2 rings (SSSR count). The molecule has 1 aromatic carbocycles. The van der Waals surface area contributed by atoms with Crippen LogP contribution in [-0.2, 0) is 14.3 Å². The van der Waals surface area contributed by atoms with Crippen molar-refractivity contribution in [1.82, 2.24) is 5.32 Å². The van der Waals surface area contributed by atoms with Crippen molar-refractivity contribution in [1.29, 1.82) is 0 Å². The van der Waals surface area contributed by atoms with E-state index in [2.05, 4.69) is 10.6 Å². The molecule has 0 saturated heterocycles. The minimum atomic E-state index is -0.672. The van der Waals surface area contributed by atoms with Gasteiger partial charge in [-0.1, -0.05) is 30.3 Å². The maximum absolute atomic E-state index is 12.4. The van der Waals surface area contributed by atoms with E-state index < -0.39 is 11.9 Å². The average Bonchev–Trinajstić information content (AvgIpc) is 3.03.